The number of rotatable bonds is 57. The van der Waals surface area contributed by atoms with E-state index in [1.807, 2.05) is 0 Å². The van der Waals surface area contributed by atoms with Crippen molar-refractivity contribution < 1.29 is 65.9 Å². The van der Waals surface area contributed by atoms with Gasteiger partial charge in [-0.1, -0.05) is 290 Å². The molecule has 2 heterocycles. The molecule has 0 aromatic heterocycles. The van der Waals surface area contributed by atoms with Gasteiger partial charge in [-0.3, -0.25) is 43.2 Å². The quantitative estimate of drug-likeness (QED) is 0.0379. The van der Waals surface area contributed by atoms with E-state index in [1.165, 1.54) is 205 Å². The van der Waals surface area contributed by atoms with Crippen molar-refractivity contribution in [3.05, 3.63) is 0 Å². The SMILES string of the molecule is CCCCCCCCCCCCCCCCCC(=O)N[C@H]1CCC(=O)[O][Al]([O]C(=O)[C@H](CCC(=O)[O][Al]2[O]C(=O)CC[C@@H](NC(=O)CCCCCCCCCCCCCCCCC)C(=O)[O]2)NC(=O)CCCCCCCCCCCCCCCCC)[O]C1=O. The Balaban J connectivity index is 1.90. The van der Waals surface area contributed by atoms with Gasteiger partial charge in [0.25, 0.3) is 35.8 Å². The second kappa shape index (κ2) is 57.0. The zero-order chi connectivity index (χ0) is 64.6. The summed E-state index contributed by atoms with van der Waals surface area (Å²) in [4.78, 5) is 119. The molecule has 2 fully saturated rings. The van der Waals surface area contributed by atoms with Crippen molar-refractivity contribution in [3.63, 3.8) is 0 Å². The molecule has 2 aliphatic rings. The molecule has 0 aliphatic carbocycles. The normalized spacial score (nSPS) is 15.8. The van der Waals surface area contributed by atoms with Crippen LogP contribution in [0.25, 0.3) is 0 Å². The predicted molar refractivity (Wildman–Crippen MR) is 350 cm³/mol. The Labute approximate surface area is 548 Å². The summed E-state index contributed by atoms with van der Waals surface area (Å²) in [5.41, 5.74) is 0. The molecule has 0 aromatic rings. The molecule has 20 heteroatoms. The highest BCUT2D eigenvalue weighted by atomic mass is 27.3. The molecular formula is C69H123Al2N3O15. The summed E-state index contributed by atoms with van der Waals surface area (Å²) in [6.07, 6.45) is 51.8. The molecule has 0 radical (unpaired) electrons. The van der Waals surface area contributed by atoms with Crippen LogP contribution < -0.4 is 16.0 Å². The van der Waals surface area contributed by atoms with Crippen LogP contribution >= 0.6 is 0 Å². The number of unbranched alkanes of at least 4 members (excludes halogenated alkanes) is 42. The number of nitrogens with one attached hydrogen (secondary N) is 3. The Morgan fingerprint density at radius 3 is 0.944 bits per heavy atom. The van der Waals surface area contributed by atoms with Gasteiger partial charge in [0.15, 0.2) is 0 Å². The van der Waals surface area contributed by atoms with Crippen molar-refractivity contribution >= 4 is 83.8 Å². The average Bonchev–Trinajstić information content (AvgIpc) is 2.91. The van der Waals surface area contributed by atoms with E-state index in [-0.39, 0.29) is 56.8 Å². The number of carbonyl (C=O) groups is 9. The van der Waals surface area contributed by atoms with Crippen molar-refractivity contribution in [2.75, 3.05) is 0 Å². The van der Waals surface area contributed by atoms with Crippen LogP contribution in [0, 0.1) is 0 Å². The Bertz CT molecular complexity index is 1910. The van der Waals surface area contributed by atoms with Crippen molar-refractivity contribution in [2.45, 2.75) is 386 Å². The van der Waals surface area contributed by atoms with Crippen LogP contribution in [0.5, 0.6) is 0 Å². The lowest BCUT2D eigenvalue weighted by Crippen LogP contribution is -2.50. The van der Waals surface area contributed by atoms with E-state index in [4.69, 9.17) is 22.7 Å². The summed E-state index contributed by atoms with van der Waals surface area (Å²) in [6.45, 7) is 6.72. The monoisotopic (exact) mass is 1290 g/mol. The van der Waals surface area contributed by atoms with Crippen LogP contribution in [0.2, 0.25) is 0 Å². The van der Waals surface area contributed by atoms with Gasteiger partial charge in [0.1, 0.15) is 18.1 Å². The highest BCUT2D eigenvalue weighted by molar-refractivity contribution is 6.45. The third kappa shape index (κ3) is 46.9. The molecule has 0 aromatic carbocycles. The van der Waals surface area contributed by atoms with Gasteiger partial charge in [-0.05, 0) is 38.5 Å². The van der Waals surface area contributed by atoms with E-state index >= 15 is 0 Å². The molecule has 3 atom stereocenters. The molecule has 3 N–H and O–H groups in total. The predicted octanol–water partition coefficient (Wildman–Crippen LogP) is 15.8. The largest absolute Gasteiger partial charge is 1.20 e. The summed E-state index contributed by atoms with van der Waals surface area (Å²) >= 11 is -7.73. The third-order valence-corrected chi connectivity index (χ3v) is 19.8. The van der Waals surface area contributed by atoms with E-state index in [9.17, 15) is 43.2 Å². The van der Waals surface area contributed by atoms with Gasteiger partial charge in [-0.15, -0.1) is 0 Å². The Morgan fingerprint density at radius 1 is 0.371 bits per heavy atom. The Kier molecular flexibility index (Phi) is 52.1. The fraction of sp³-hybridized carbons (Fsp3) is 0.870. The molecule has 89 heavy (non-hydrogen) atoms. The van der Waals surface area contributed by atoms with Gasteiger partial charge in [0.05, 0.1) is 0 Å². The van der Waals surface area contributed by atoms with E-state index in [0.717, 1.165) is 64.2 Å². The lowest BCUT2D eigenvalue weighted by Gasteiger charge is -2.24. The molecule has 2 aliphatic heterocycles. The van der Waals surface area contributed by atoms with E-state index < -0.39 is 103 Å². The van der Waals surface area contributed by atoms with Crippen LogP contribution in [-0.2, 0) is 65.9 Å². The zero-order valence-electron chi connectivity index (χ0n) is 56.2. The molecule has 2 saturated heterocycles. The summed E-state index contributed by atoms with van der Waals surface area (Å²) in [7, 11) is 0. The van der Waals surface area contributed by atoms with Crippen molar-refractivity contribution in [1.29, 1.82) is 0 Å². The minimum atomic E-state index is -3.92. The first-order chi connectivity index (χ1) is 43.3. The fourth-order valence-corrected chi connectivity index (χ4v) is 13.8. The highest BCUT2D eigenvalue weighted by Crippen LogP contribution is 2.20. The standard InChI is InChI=1S/3C23H43NO5.2Al/c3*1-2-3-4-5-6-7-8-9-10-11-12-13-14-15-16-17-21(25)24-20(23(28)29)18-19-22(26)27;;/h3*20H,2-19H2,1H3,(H,24,25)(H,26,27)(H,28,29);;/q;;;2*+3/p-6/t3*20-;;/m100../s1. The first-order valence-electron chi connectivity index (χ1n) is 36.4. The Hall–Kier alpha value is -3.71. The van der Waals surface area contributed by atoms with Gasteiger partial charge < -0.3 is 38.7 Å². The summed E-state index contributed by atoms with van der Waals surface area (Å²) < 4.78 is 32.2. The minimum absolute atomic E-state index is 0.0654. The molecule has 0 bridgehead atoms. The van der Waals surface area contributed by atoms with Gasteiger partial charge in [0.2, 0.25) is 17.7 Å². The number of amides is 3. The maximum atomic E-state index is 13.9. The minimum Gasteiger partial charge on any atom is -0.551 e. The average molecular weight is 1290 g/mol. The van der Waals surface area contributed by atoms with Gasteiger partial charge in [-0.2, -0.15) is 0 Å². The van der Waals surface area contributed by atoms with Crippen molar-refractivity contribution in [2.24, 2.45) is 0 Å². The summed E-state index contributed by atoms with van der Waals surface area (Å²) in [6, 6.07) is -3.85. The maximum Gasteiger partial charge on any atom is 1.20 e. The molecule has 510 valence electrons. The van der Waals surface area contributed by atoms with E-state index in [1.54, 1.807) is 0 Å². The number of carbonyl (C=O) groups excluding carboxylic acids is 9. The molecule has 3 amide bonds. The molecule has 2 rings (SSSR count). The lowest BCUT2D eigenvalue weighted by atomic mass is 10.0. The van der Waals surface area contributed by atoms with E-state index in [2.05, 4.69) is 36.7 Å². The Morgan fingerprint density at radius 2 is 0.640 bits per heavy atom. The first kappa shape index (κ1) is 81.4. The van der Waals surface area contributed by atoms with Crippen molar-refractivity contribution in [3.8, 4) is 0 Å². The number of hydrogen-bond acceptors (Lipinski definition) is 15. The molecule has 0 saturated carbocycles. The van der Waals surface area contributed by atoms with Gasteiger partial charge >= 0.3 is 30.3 Å². The van der Waals surface area contributed by atoms with Gasteiger partial charge in [0, 0.05) is 38.5 Å². The molecule has 0 unspecified atom stereocenters. The van der Waals surface area contributed by atoms with Crippen LogP contribution in [-0.4, -0.2) is 102 Å². The summed E-state index contributed by atoms with van der Waals surface area (Å²) in [5.74, 6) is -6.83. The number of hydrogen-bond donors (Lipinski definition) is 3. The van der Waals surface area contributed by atoms with Crippen molar-refractivity contribution in [1.82, 2.24) is 16.0 Å². The lowest BCUT2D eigenvalue weighted by molar-refractivity contribution is -0.154. The fourth-order valence-electron chi connectivity index (χ4n) is 11.5. The maximum absolute atomic E-state index is 13.9. The smallest absolute Gasteiger partial charge is 0.551 e. The summed E-state index contributed by atoms with van der Waals surface area (Å²) in [5, 5.41) is 7.95. The second-order valence-electron chi connectivity index (χ2n) is 25.4. The molecule has 0 spiro atoms. The van der Waals surface area contributed by atoms with Gasteiger partial charge in [-0.25, -0.2) is 0 Å². The highest BCUT2D eigenvalue weighted by Gasteiger charge is 2.53. The first-order valence-corrected chi connectivity index (χ1v) is 39.3. The van der Waals surface area contributed by atoms with Crippen LogP contribution in [0.15, 0.2) is 0 Å². The molecular weight excluding hydrogens is 1160 g/mol. The van der Waals surface area contributed by atoms with E-state index in [0.29, 0.717) is 19.3 Å². The van der Waals surface area contributed by atoms with Crippen LogP contribution in [0.4, 0.5) is 0 Å². The third-order valence-electron chi connectivity index (χ3n) is 17.1. The molecule has 18 nitrogen and oxygen atoms in total. The second-order valence-corrected chi connectivity index (χ2v) is 28.0. The van der Waals surface area contributed by atoms with Crippen LogP contribution in [0.3, 0.4) is 0 Å². The van der Waals surface area contributed by atoms with Crippen LogP contribution in [0.1, 0.15) is 367 Å². The topological polar surface area (TPSA) is 245 Å². The zero-order valence-corrected chi connectivity index (χ0v) is 58.5.